The van der Waals surface area contributed by atoms with Crippen molar-refractivity contribution in [3.63, 3.8) is 0 Å². The number of hydrogen-bond acceptors (Lipinski definition) is 5. The molecule has 0 aromatic heterocycles. The van der Waals surface area contributed by atoms with E-state index in [2.05, 4.69) is 5.32 Å². The number of amides is 1. The van der Waals surface area contributed by atoms with E-state index >= 15 is 0 Å². The first-order chi connectivity index (χ1) is 9.56. The number of carbonyl (C=O) groups is 2. The Morgan fingerprint density at radius 1 is 1.35 bits per heavy atom. The quantitative estimate of drug-likeness (QED) is 0.768. The maximum Gasteiger partial charge on any atom is 0.344 e. The minimum Gasteiger partial charge on any atom is -0.482 e. The van der Waals surface area contributed by atoms with Gasteiger partial charge >= 0.3 is 5.97 Å². The van der Waals surface area contributed by atoms with E-state index in [1.165, 1.54) is 7.11 Å². The van der Waals surface area contributed by atoms with Gasteiger partial charge in [0.1, 0.15) is 11.9 Å². The minimum absolute atomic E-state index is 0.167. The summed E-state index contributed by atoms with van der Waals surface area (Å²) < 4.78 is 14.9. The first-order valence-electron chi connectivity index (χ1n) is 6.29. The third-order valence-corrected chi connectivity index (χ3v) is 2.49. The van der Waals surface area contributed by atoms with E-state index in [4.69, 9.17) is 14.2 Å². The molecule has 110 valence electrons. The highest BCUT2D eigenvalue weighted by molar-refractivity contribution is 5.94. The van der Waals surface area contributed by atoms with Gasteiger partial charge in [0.15, 0.2) is 6.61 Å². The van der Waals surface area contributed by atoms with Crippen molar-refractivity contribution in [1.82, 2.24) is 0 Å². The molecule has 20 heavy (non-hydrogen) atoms. The van der Waals surface area contributed by atoms with Gasteiger partial charge in [-0.15, -0.1) is 0 Å². The number of methoxy groups -OCH3 is 1. The summed E-state index contributed by atoms with van der Waals surface area (Å²) in [6.07, 6.45) is -0.542. The Bertz CT molecular complexity index is 461. The van der Waals surface area contributed by atoms with E-state index in [1.54, 1.807) is 38.1 Å². The molecule has 0 aliphatic heterocycles. The van der Waals surface area contributed by atoms with E-state index in [1.807, 2.05) is 0 Å². The fourth-order valence-corrected chi connectivity index (χ4v) is 1.36. The summed E-state index contributed by atoms with van der Waals surface area (Å²) in [5.74, 6) is -0.217. The third-order valence-electron chi connectivity index (χ3n) is 2.49. The van der Waals surface area contributed by atoms with E-state index < -0.39 is 12.1 Å². The average molecular weight is 281 g/mol. The summed E-state index contributed by atoms with van der Waals surface area (Å²) in [5, 5.41) is 2.69. The van der Waals surface area contributed by atoms with Crippen LogP contribution in [0.3, 0.4) is 0 Å². The number of carbonyl (C=O) groups excluding carboxylic acids is 2. The summed E-state index contributed by atoms with van der Waals surface area (Å²) in [7, 11) is 1.46. The highest BCUT2D eigenvalue weighted by atomic mass is 16.6. The van der Waals surface area contributed by atoms with Crippen molar-refractivity contribution in [3.05, 3.63) is 24.3 Å². The number of anilines is 1. The summed E-state index contributed by atoms with van der Waals surface area (Å²) in [4.78, 5) is 22.8. The lowest BCUT2D eigenvalue weighted by molar-refractivity contribution is -0.145. The fraction of sp³-hybridized carbons (Fsp3) is 0.429. The monoisotopic (exact) mass is 281 g/mol. The molecule has 0 aliphatic rings. The van der Waals surface area contributed by atoms with Gasteiger partial charge in [0.2, 0.25) is 0 Å². The first kappa shape index (κ1) is 16.0. The topological polar surface area (TPSA) is 73.9 Å². The first-order valence-corrected chi connectivity index (χ1v) is 6.29. The van der Waals surface area contributed by atoms with Crippen molar-refractivity contribution in [1.29, 1.82) is 0 Å². The van der Waals surface area contributed by atoms with Crippen LogP contribution in [-0.4, -0.2) is 38.3 Å². The van der Waals surface area contributed by atoms with Crippen LogP contribution in [0.1, 0.15) is 13.8 Å². The maximum atomic E-state index is 11.7. The van der Waals surface area contributed by atoms with Crippen molar-refractivity contribution >= 4 is 17.6 Å². The zero-order valence-electron chi connectivity index (χ0n) is 11.8. The molecule has 1 amide bonds. The van der Waals surface area contributed by atoms with Crippen LogP contribution in [0.15, 0.2) is 24.3 Å². The molecule has 1 atom stereocenters. The molecule has 0 heterocycles. The zero-order chi connectivity index (χ0) is 15.0. The van der Waals surface area contributed by atoms with Gasteiger partial charge in [-0.1, -0.05) is 6.07 Å². The van der Waals surface area contributed by atoms with Crippen molar-refractivity contribution < 1.29 is 23.8 Å². The lowest BCUT2D eigenvalue weighted by Crippen LogP contribution is -2.26. The smallest absolute Gasteiger partial charge is 0.344 e. The Balaban J connectivity index is 2.57. The largest absolute Gasteiger partial charge is 0.482 e. The van der Waals surface area contributed by atoms with E-state index in [0.29, 0.717) is 18.0 Å². The molecule has 0 saturated carbocycles. The summed E-state index contributed by atoms with van der Waals surface area (Å²) in [6, 6.07) is 6.75. The molecule has 1 unspecified atom stereocenters. The molecule has 1 aromatic carbocycles. The normalized spacial score (nSPS) is 11.6. The molecule has 1 aromatic rings. The van der Waals surface area contributed by atoms with Crippen LogP contribution in [0.25, 0.3) is 0 Å². The third kappa shape index (κ3) is 5.27. The Kier molecular flexibility index (Phi) is 6.52. The van der Waals surface area contributed by atoms with Crippen LogP contribution in [0, 0.1) is 0 Å². The Morgan fingerprint density at radius 2 is 2.10 bits per heavy atom. The Labute approximate surface area is 118 Å². The highest BCUT2D eigenvalue weighted by Crippen LogP contribution is 2.17. The molecule has 0 bridgehead atoms. The van der Waals surface area contributed by atoms with E-state index in [0.717, 1.165) is 0 Å². The molecule has 0 radical (unpaired) electrons. The second kappa shape index (κ2) is 8.16. The number of nitrogens with one attached hydrogen (secondary N) is 1. The van der Waals surface area contributed by atoms with Gasteiger partial charge in [0, 0.05) is 18.9 Å². The van der Waals surface area contributed by atoms with Gasteiger partial charge in [-0.3, -0.25) is 4.79 Å². The Morgan fingerprint density at radius 3 is 2.75 bits per heavy atom. The number of benzene rings is 1. The van der Waals surface area contributed by atoms with Crippen LogP contribution in [0.5, 0.6) is 5.75 Å². The lowest BCUT2D eigenvalue weighted by atomic mass is 10.3. The van der Waals surface area contributed by atoms with Crippen LogP contribution in [-0.2, 0) is 19.1 Å². The second-order valence-electron chi connectivity index (χ2n) is 3.99. The molecular formula is C14H19NO5. The van der Waals surface area contributed by atoms with Crippen LogP contribution in [0.2, 0.25) is 0 Å². The van der Waals surface area contributed by atoms with Crippen LogP contribution in [0.4, 0.5) is 5.69 Å². The van der Waals surface area contributed by atoms with Gasteiger partial charge in [0.05, 0.1) is 6.61 Å². The van der Waals surface area contributed by atoms with Crippen LogP contribution >= 0.6 is 0 Å². The van der Waals surface area contributed by atoms with E-state index in [-0.39, 0.29) is 12.5 Å². The molecule has 1 rings (SSSR count). The summed E-state index contributed by atoms with van der Waals surface area (Å²) in [5.41, 5.74) is 0.570. The fourth-order valence-electron chi connectivity index (χ4n) is 1.36. The molecular weight excluding hydrogens is 262 g/mol. The van der Waals surface area contributed by atoms with Crippen LogP contribution < -0.4 is 10.1 Å². The molecule has 6 nitrogen and oxygen atoms in total. The number of ether oxygens (including phenoxy) is 3. The number of esters is 1. The highest BCUT2D eigenvalue weighted by Gasteiger charge is 2.12. The molecule has 6 heteroatoms. The zero-order valence-corrected chi connectivity index (χ0v) is 11.8. The molecule has 0 fully saturated rings. The van der Waals surface area contributed by atoms with Gasteiger partial charge in [-0.25, -0.2) is 4.79 Å². The summed E-state index contributed by atoms with van der Waals surface area (Å²) >= 11 is 0. The standard InChI is InChI=1S/C14H19NO5/c1-4-19-13(16)9-20-12-7-5-6-11(8-12)15-14(17)10(2)18-3/h5-8,10H,4,9H2,1-3H3,(H,15,17). The van der Waals surface area contributed by atoms with E-state index in [9.17, 15) is 9.59 Å². The minimum atomic E-state index is -0.542. The second-order valence-corrected chi connectivity index (χ2v) is 3.99. The molecule has 0 spiro atoms. The summed E-state index contributed by atoms with van der Waals surface area (Å²) in [6.45, 7) is 3.52. The van der Waals surface area contributed by atoms with Gasteiger partial charge < -0.3 is 19.5 Å². The number of hydrogen-bond donors (Lipinski definition) is 1. The maximum absolute atomic E-state index is 11.7. The average Bonchev–Trinajstić information content (AvgIpc) is 2.45. The Hall–Kier alpha value is -2.08. The molecule has 0 saturated heterocycles. The van der Waals surface area contributed by atoms with Crippen molar-refractivity contribution in [3.8, 4) is 5.75 Å². The van der Waals surface area contributed by atoms with Gasteiger partial charge in [0.25, 0.3) is 5.91 Å². The van der Waals surface area contributed by atoms with Crippen molar-refractivity contribution in [2.45, 2.75) is 20.0 Å². The molecule has 1 N–H and O–H groups in total. The van der Waals surface area contributed by atoms with Crippen molar-refractivity contribution in [2.75, 3.05) is 25.6 Å². The number of rotatable bonds is 7. The van der Waals surface area contributed by atoms with Crippen molar-refractivity contribution in [2.24, 2.45) is 0 Å². The lowest BCUT2D eigenvalue weighted by Gasteiger charge is -2.11. The predicted molar refractivity (Wildman–Crippen MR) is 73.7 cm³/mol. The predicted octanol–water partition coefficient (Wildman–Crippen LogP) is 1.60. The SMILES string of the molecule is CCOC(=O)COc1cccc(NC(=O)C(C)OC)c1. The van der Waals surface area contributed by atoms with Gasteiger partial charge in [-0.05, 0) is 26.0 Å². The molecule has 0 aliphatic carbocycles. The van der Waals surface area contributed by atoms with Gasteiger partial charge in [-0.2, -0.15) is 0 Å².